The van der Waals surface area contributed by atoms with Gasteiger partial charge in [-0.2, -0.15) is 0 Å². The van der Waals surface area contributed by atoms with Crippen LogP contribution in [-0.2, 0) is 20.6 Å². The van der Waals surface area contributed by atoms with Crippen LogP contribution in [-0.4, -0.2) is 9.13 Å². The van der Waals surface area contributed by atoms with Crippen LogP contribution in [0.5, 0.6) is 0 Å². The SMILES string of the molecule is Cn1c(CNc2ccc(I)cc2)cc(=O)n(C)c1=O. The molecule has 1 aromatic carbocycles. The second kappa shape index (κ2) is 5.60. The number of hydrogen-bond donors (Lipinski definition) is 1. The highest BCUT2D eigenvalue weighted by Crippen LogP contribution is 2.11. The third-order valence-electron chi connectivity index (χ3n) is 2.94. The van der Waals surface area contributed by atoms with Gasteiger partial charge in [0, 0.05) is 35.1 Å². The molecule has 0 unspecified atom stereocenters. The first-order valence-electron chi connectivity index (χ1n) is 5.74. The van der Waals surface area contributed by atoms with Gasteiger partial charge in [0.2, 0.25) is 0 Å². The average Bonchev–Trinajstić information content (AvgIpc) is 2.41. The van der Waals surface area contributed by atoms with Crippen LogP contribution >= 0.6 is 22.6 Å². The predicted octanol–water partition coefficient (Wildman–Crippen LogP) is 1.30. The number of benzene rings is 1. The van der Waals surface area contributed by atoms with Gasteiger partial charge in [0.25, 0.3) is 5.56 Å². The molecular formula is C13H14IN3O2. The molecule has 0 spiro atoms. The van der Waals surface area contributed by atoms with E-state index in [1.165, 1.54) is 17.7 Å². The van der Waals surface area contributed by atoms with Gasteiger partial charge in [0.1, 0.15) is 0 Å². The van der Waals surface area contributed by atoms with Crippen molar-refractivity contribution < 1.29 is 0 Å². The van der Waals surface area contributed by atoms with Gasteiger partial charge in [-0.05, 0) is 46.9 Å². The van der Waals surface area contributed by atoms with Crippen LogP contribution in [0.1, 0.15) is 5.69 Å². The molecule has 0 bridgehead atoms. The fraction of sp³-hybridized carbons (Fsp3) is 0.231. The average molecular weight is 371 g/mol. The van der Waals surface area contributed by atoms with Crippen molar-refractivity contribution in [3.63, 3.8) is 0 Å². The highest BCUT2D eigenvalue weighted by molar-refractivity contribution is 14.1. The molecule has 1 aromatic heterocycles. The van der Waals surface area contributed by atoms with E-state index in [4.69, 9.17) is 0 Å². The van der Waals surface area contributed by atoms with Crippen LogP contribution < -0.4 is 16.6 Å². The summed E-state index contributed by atoms with van der Waals surface area (Å²) in [6.45, 7) is 0.433. The standard InChI is InChI=1S/C13H14IN3O2/c1-16-11(7-12(18)17(2)13(16)19)8-15-10-5-3-9(14)4-6-10/h3-7,15H,8H2,1-2H3. The number of anilines is 1. The van der Waals surface area contributed by atoms with Crippen molar-refractivity contribution in [1.82, 2.24) is 9.13 Å². The van der Waals surface area contributed by atoms with Crippen molar-refractivity contribution in [3.8, 4) is 0 Å². The molecule has 0 aliphatic heterocycles. The second-order valence-electron chi connectivity index (χ2n) is 4.23. The lowest BCUT2D eigenvalue weighted by atomic mass is 10.3. The molecule has 2 rings (SSSR count). The number of aromatic nitrogens is 2. The van der Waals surface area contributed by atoms with Crippen LogP contribution in [0.15, 0.2) is 39.9 Å². The summed E-state index contributed by atoms with van der Waals surface area (Å²) in [7, 11) is 3.13. The maximum Gasteiger partial charge on any atom is 0.330 e. The summed E-state index contributed by atoms with van der Waals surface area (Å²) < 4.78 is 3.72. The summed E-state index contributed by atoms with van der Waals surface area (Å²) >= 11 is 2.24. The van der Waals surface area contributed by atoms with Crippen LogP contribution in [0, 0.1) is 3.57 Å². The van der Waals surface area contributed by atoms with E-state index in [1.54, 1.807) is 7.05 Å². The summed E-state index contributed by atoms with van der Waals surface area (Å²) in [4.78, 5) is 23.4. The highest BCUT2D eigenvalue weighted by atomic mass is 127. The topological polar surface area (TPSA) is 56.0 Å². The van der Waals surface area contributed by atoms with Gasteiger partial charge in [0.05, 0.1) is 6.54 Å². The van der Waals surface area contributed by atoms with Gasteiger partial charge in [-0.25, -0.2) is 4.79 Å². The van der Waals surface area contributed by atoms with E-state index in [9.17, 15) is 9.59 Å². The summed E-state index contributed by atoms with van der Waals surface area (Å²) in [5.74, 6) is 0. The molecule has 6 heteroatoms. The highest BCUT2D eigenvalue weighted by Gasteiger charge is 2.05. The fourth-order valence-electron chi connectivity index (χ4n) is 1.71. The zero-order valence-electron chi connectivity index (χ0n) is 10.7. The number of hydrogen-bond acceptors (Lipinski definition) is 3. The van der Waals surface area contributed by atoms with E-state index in [1.807, 2.05) is 24.3 Å². The maximum atomic E-state index is 11.8. The third kappa shape index (κ3) is 3.06. The first-order valence-corrected chi connectivity index (χ1v) is 6.82. The molecule has 0 amide bonds. The minimum atomic E-state index is -0.313. The first-order chi connectivity index (χ1) is 8.99. The number of halogens is 1. The first kappa shape index (κ1) is 13.9. The Labute approximate surface area is 124 Å². The van der Waals surface area contributed by atoms with Crippen molar-refractivity contribution in [2.45, 2.75) is 6.54 Å². The maximum absolute atomic E-state index is 11.8. The Morgan fingerprint density at radius 1 is 1.11 bits per heavy atom. The molecule has 0 atom stereocenters. The van der Waals surface area contributed by atoms with E-state index in [-0.39, 0.29) is 11.2 Å². The molecule has 2 aromatic rings. The third-order valence-corrected chi connectivity index (χ3v) is 3.66. The quantitative estimate of drug-likeness (QED) is 0.828. The van der Waals surface area contributed by atoms with Gasteiger partial charge in [-0.1, -0.05) is 0 Å². The van der Waals surface area contributed by atoms with Crippen LogP contribution in [0.2, 0.25) is 0 Å². The van der Waals surface area contributed by atoms with E-state index >= 15 is 0 Å². The predicted molar refractivity (Wildman–Crippen MR) is 83.4 cm³/mol. The Morgan fingerprint density at radius 2 is 1.74 bits per heavy atom. The number of nitrogens with zero attached hydrogens (tertiary/aromatic N) is 2. The normalized spacial score (nSPS) is 10.5. The zero-order chi connectivity index (χ0) is 14.0. The molecular weight excluding hydrogens is 357 g/mol. The summed E-state index contributed by atoms with van der Waals surface area (Å²) in [5.41, 5.74) is 1.01. The molecule has 0 aliphatic carbocycles. The molecule has 19 heavy (non-hydrogen) atoms. The lowest BCUT2D eigenvalue weighted by Gasteiger charge is -2.11. The lowest BCUT2D eigenvalue weighted by Crippen LogP contribution is -2.38. The Kier molecular flexibility index (Phi) is 4.08. The van der Waals surface area contributed by atoms with E-state index in [0.29, 0.717) is 12.2 Å². The Balaban J connectivity index is 2.23. The molecule has 0 aliphatic rings. The van der Waals surface area contributed by atoms with E-state index in [2.05, 4.69) is 27.9 Å². The number of rotatable bonds is 3. The van der Waals surface area contributed by atoms with Crippen molar-refractivity contribution >= 4 is 28.3 Å². The molecule has 0 fully saturated rings. The smallest absolute Gasteiger partial charge is 0.330 e. The molecule has 0 saturated heterocycles. The zero-order valence-corrected chi connectivity index (χ0v) is 12.8. The van der Waals surface area contributed by atoms with Crippen molar-refractivity contribution in [1.29, 1.82) is 0 Å². The Morgan fingerprint density at radius 3 is 2.37 bits per heavy atom. The summed E-state index contributed by atoms with van der Waals surface area (Å²) in [6, 6.07) is 9.38. The number of nitrogens with one attached hydrogen (secondary N) is 1. The largest absolute Gasteiger partial charge is 0.379 e. The minimum absolute atomic E-state index is 0.289. The Hall–Kier alpha value is -1.57. The van der Waals surface area contributed by atoms with E-state index < -0.39 is 0 Å². The summed E-state index contributed by atoms with van der Waals surface area (Å²) in [6.07, 6.45) is 0. The molecule has 0 saturated carbocycles. The van der Waals surface area contributed by atoms with Gasteiger partial charge < -0.3 is 5.32 Å². The fourth-order valence-corrected chi connectivity index (χ4v) is 2.07. The van der Waals surface area contributed by atoms with Crippen LogP contribution in [0.3, 0.4) is 0 Å². The molecule has 1 N–H and O–H groups in total. The van der Waals surface area contributed by atoms with E-state index in [0.717, 1.165) is 13.8 Å². The van der Waals surface area contributed by atoms with Crippen molar-refractivity contribution in [2.75, 3.05) is 5.32 Å². The van der Waals surface area contributed by atoms with Crippen LogP contribution in [0.4, 0.5) is 5.69 Å². The minimum Gasteiger partial charge on any atom is -0.379 e. The van der Waals surface area contributed by atoms with Gasteiger partial charge in [0.15, 0.2) is 0 Å². The molecule has 5 nitrogen and oxygen atoms in total. The summed E-state index contributed by atoms with van der Waals surface area (Å²) in [5, 5.41) is 3.19. The van der Waals surface area contributed by atoms with Crippen molar-refractivity contribution in [3.05, 3.63) is 60.4 Å². The van der Waals surface area contributed by atoms with Gasteiger partial charge in [-0.15, -0.1) is 0 Å². The van der Waals surface area contributed by atoms with Crippen molar-refractivity contribution in [2.24, 2.45) is 14.1 Å². The van der Waals surface area contributed by atoms with Gasteiger partial charge in [-0.3, -0.25) is 13.9 Å². The lowest BCUT2D eigenvalue weighted by molar-refractivity contribution is 0.655. The van der Waals surface area contributed by atoms with Gasteiger partial charge >= 0.3 is 5.69 Å². The Bertz CT molecular complexity index is 701. The molecule has 0 radical (unpaired) electrons. The monoisotopic (exact) mass is 371 g/mol. The van der Waals surface area contributed by atoms with Crippen LogP contribution in [0.25, 0.3) is 0 Å². The molecule has 100 valence electrons. The molecule has 1 heterocycles. The second-order valence-corrected chi connectivity index (χ2v) is 5.48.